The zero-order chi connectivity index (χ0) is 13.0. The highest BCUT2D eigenvalue weighted by atomic mass is 16.5. The molecule has 0 saturated carbocycles. The number of rotatable bonds is 5. The standard InChI is InChI=1S/C14H19N3O/c1-10-5-4-6-13(11(10)2)9-15-8-7-14-16-12(3)17-18-14/h4-6,15H,7-9H2,1-3H3. The summed E-state index contributed by atoms with van der Waals surface area (Å²) in [4.78, 5) is 4.17. The molecule has 0 aliphatic carbocycles. The van der Waals surface area contributed by atoms with E-state index in [1.165, 1.54) is 16.7 Å². The molecule has 0 atom stereocenters. The van der Waals surface area contributed by atoms with Gasteiger partial charge in [-0.05, 0) is 37.5 Å². The number of benzene rings is 1. The molecular formula is C14H19N3O. The molecule has 0 spiro atoms. The molecule has 0 fully saturated rings. The fourth-order valence-corrected chi connectivity index (χ4v) is 1.86. The minimum atomic E-state index is 0.694. The van der Waals surface area contributed by atoms with Gasteiger partial charge in [0.25, 0.3) is 0 Å². The molecule has 2 aromatic rings. The summed E-state index contributed by atoms with van der Waals surface area (Å²) in [5.41, 5.74) is 4.04. The van der Waals surface area contributed by atoms with Crippen LogP contribution in [0.5, 0.6) is 0 Å². The van der Waals surface area contributed by atoms with E-state index in [0.29, 0.717) is 11.7 Å². The van der Waals surface area contributed by atoms with Gasteiger partial charge in [0.15, 0.2) is 5.82 Å². The Morgan fingerprint density at radius 2 is 2.06 bits per heavy atom. The smallest absolute Gasteiger partial charge is 0.227 e. The highest BCUT2D eigenvalue weighted by molar-refractivity contribution is 5.32. The van der Waals surface area contributed by atoms with Crippen LogP contribution < -0.4 is 5.32 Å². The van der Waals surface area contributed by atoms with E-state index in [2.05, 4.69) is 47.5 Å². The number of nitrogens with one attached hydrogen (secondary N) is 1. The lowest BCUT2D eigenvalue weighted by Crippen LogP contribution is -2.17. The summed E-state index contributed by atoms with van der Waals surface area (Å²) in [6.45, 7) is 7.85. The zero-order valence-electron chi connectivity index (χ0n) is 11.2. The van der Waals surface area contributed by atoms with E-state index >= 15 is 0 Å². The van der Waals surface area contributed by atoms with Crippen LogP contribution in [0.3, 0.4) is 0 Å². The van der Waals surface area contributed by atoms with Gasteiger partial charge in [-0.3, -0.25) is 0 Å². The van der Waals surface area contributed by atoms with Crippen LogP contribution >= 0.6 is 0 Å². The lowest BCUT2D eigenvalue weighted by molar-refractivity contribution is 0.372. The summed E-state index contributed by atoms with van der Waals surface area (Å²) in [7, 11) is 0. The molecule has 0 saturated heterocycles. The molecule has 1 N–H and O–H groups in total. The average Bonchev–Trinajstić information content (AvgIpc) is 2.76. The van der Waals surface area contributed by atoms with Crippen molar-refractivity contribution in [3.05, 3.63) is 46.6 Å². The maximum absolute atomic E-state index is 5.06. The van der Waals surface area contributed by atoms with E-state index < -0.39 is 0 Å². The number of hydrogen-bond donors (Lipinski definition) is 1. The molecule has 4 heteroatoms. The van der Waals surface area contributed by atoms with Gasteiger partial charge in [0, 0.05) is 19.5 Å². The van der Waals surface area contributed by atoms with Gasteiger partial charge >= 0.3 is 0 Å². The quantitative estimate of drug-likeness (QED) is 0.821. The SMILES string of the molecule is Cc1noc(CCNCc2cccc(C)c2C)n1. The lowest BCUT2D eigenvalue weighted by Gasteiger charge is -2.09. The normalized spacial score (nSPS) is 10.8. The molecule has 18 heavy (non-hydrogen) atoms. The van der Waals surface area contributed by atoms with Crippen molar-refractivity contribution < 1.29 is 4.52 Å². The zero-order valence-corrected chi connectivity index (χ0v) is 11.2. The monoisotopic (exact) mass is 245 g/mol. The second kappa shape index (κ2) is 5.78. The summed E-state index contributed by atoms with van der Waals surface area (Å²) in [6, 6.07) is 6.40. The third-order valence-electron chi connectivity index (χ3n) is 3.12. The first-order chi connectivity index (χ1) is 8.66. The lowest BCUT2D eigenvalue weighted by atomic mass is 10.0. The van der Waals surface area contributed by atoms with Gasteiger partial charge in [-0.25, -0.2) is 0 Å². The van der Waals surface area contributed by atoms with Crippen LogP contribution in [0.4, 0.5) is 0 Å². The summed E-state index contributed by atoms with van der Waals surface area (Å²) in [6.07, 6.45) is 0.770. The maximum atomic E-state index is 5.06. The molecule has 0 aliphatic rings. The highest BCUT2D eigenvalue weighted by Gasteiger charge is 2.03. The van der Waals surface area contributed by atoms with Crippen molar-refractivity contribution in [3.8, 4) is 0 Å². The molecule has 1 heterocycles. The first-order valence-corrected chi connectivity index (χ1v) is 6.22. The van der Waals surface area contributed by atoms with E-state index in [1.54, 1.807) is 0 Å². The van der Waals surface area contributed by atoms with Crippen LogP contribution in [0, 0.1) is 20.8 Å². The van der Waals surface area contributed by atoms with Gasteiger partial charge in [-0.1, -0.05) is 23.4 Å². The third kappa shape index (κ3) is 3.17. The Balaban J connectivity index is 1.80. The highest BCUT2D eigenvalue weighted by Crippen LogP contribution is 2.12. The Morgan fingerprint density at radius 1 is 1.22 bits per heavy atom. The predicted octanol–water partition coefficient (Wildman–Crippen LogP) is 2.33. The maximum Gasteiger partial charge on any atom is 0.227 e. The van der Waals surface area contributed by atoms with Crippen molar-refractivity contribution in [1.29, 1.82) is 0 Å². The molecule has 0 radical (unpaired) electrons. The van der Waals surface area contributed by atoms with Crippen molar-refractivity contribution in [3.63, 3.8) is 0 Å². The predicted molar refractivity (Wildman–Crippen MR) is 70.4 cm³/mol. The van der Waals surface area contributed by atoms with Crippen molar-refractivity contribution in [2.75, 3.05) is 6.54 Å². The van der Waals surface area contributed by atoms with Crippen LogP contribution in [0.25, 0.3) is 0 Å². The van der Waals surface area contributed by atoms with E-state index in [9.17, 15) is 0 Å². The molecule has 2 rings (SSSR count). The van der Waals surface area contributed by atoms with Gasteiger partial charge < -0.3 is 9.84 Å². The first-order valence-electron chi connectivity index (χ1n) is 6.22. The summed E-state index contributed by atoms with van der Waals surface area (Å²) < 4.78 is 5.06. The van der Waals surface area contributed by atoms with E-state index in [0.717, 1.165) is 19.5 Å². The molecule has 1 aromatic carbocycles. The fraction of sp³-hybridized carbons (Fsp3) is 0.429. The van der Waals surface area contributed by atoms with Gasteiger partial charge in [0.05, 0.1) is 0 Å². The second-order valence-electron chi connectivity index (χ2n) is 4.52. The molecule has 0 bridgehead atoms. The van der Waals surface area contributed by atoms with Crippen LogP contribution in [0.2, 0.25) is 0 Å². The van der Waals surface area contributed by atoms with Gasteiger partial charge in [0.1, 0.15) is 0 Å². The molecule has 96 valence electrons. The number of aromatic nitrogens is 2. The van der Waals surface area contributed by atoms with Crippen molar-refractivity contribution in [2.24, 2.45) is 0 Å². The van der Waals surface area contributed by atoms with Gasteiger partial charge in [-0.15, -0.1) is 0 Å². The molecule has 0 aliphatic heterocycles. The van der Waals surface area contributed by atoms with Gasteiger partial charge in [0.2, 0.25) is 5.89 Å². The van der Waals surface area contributed by atoms with E-state index in [1.807, 2.05) is 6.92 Å². The van der Waals surface area contributed by atoms with Crippen LogP contribution in [0.1, 0.15) is 28.4 Å². The minimum Gasteiger partial charge on any atom is -0.339 e. The van der Waals surface area contributed by atoms with Gasteiger partial charge in [-0.2, -0.15) is 4.98 Å². The van der Waals surface area contributed by atoms with Crippen molar-refractivity contribution in [1.82, 2.24) is 15.5 Å². The Bertz CT molecular complexity index is 520. The summed E-state index contributed by atoms with van der Waals surface area (Å²) in [5.74, 6) is 1.39. The summed E-state index contributed by atoms with van der Waals surface area (Å²) >= 11 is 0. The summed E-state index contributed by atoms with van der Waals surface area (Å²) in [5, 5.41) is 7.17. The third-order valence-corrected chi connectivity index (χ3v) is 3.12. The topological polar surface area (TPSA) is 51.0 Å². The number of hydrogen-bond acceptors (Lipinski definition) is 4. The molecular weight excluding hydrogens is 226 g/mol. The van der Waals surface area contributed by atoms with Crippen molar-refractivity contribution in [2.45, 2.75) is 33.7 Å². The molecule has 0 amide bonds. The van der Waals surface area contributed by atoms with Crippen molar-refractivity contribution >= 4 is 0 Å². The Hall–Kier alpha value is -1.68. The first kappa shape index (κ1) is 12.8. The van der Waals surface area contributed by atoms with E-state index in [-0.39, 0.29) is 0 Å². The average molecular weight is 245 g/mol. The molecule has 1 aromatic heterocycles. The van der Waals surface area contributed by atoms with Crippen LogP contribution in [0.15, 0.2) is 22.7 Å². The van der Waals surface area contributed by atoms with E-state index in [4.69, 9.17) is 4.52 Å². The number of nitrogens with zero attached hydrogens (tertiary/aromatic N) is 2. The molecule has 4 nitrogen and oxygen atoms in total. The minimum absolute atomic E-state index is 0.694. The fourth-order valence-electron chi connectivity index (χ4n) is 1.86. The number of aryl methyl sites for hydroxylation is 2. The van der Waals surface area contributed by atoms with Crippen LogP contribution in [-0.4, -0.2) is 16.7 Å². The van der Waals surface area contributed by atoms with Crippen LogP contribution in [-0.2, 0) is 13.0 Å². The largest absolute Gasteiger partial charge is 0.339 e. The Kier molecular flexibility index (Phi) is 4.10. The second-order valence-corrected chi connectivity index (χ2v) is 4.52. The Morgan fingerprint density at radius 3 is 2.78 bits per heavy atom. The molecule has 0 unspecified atom stereocenters. The Labute approximate surface area is 107 Å².